The zero-order chi connectivity index (χ0) is 27.1. The van der Waals surface area contributed by atoms with Crippen LogP contribution in [0.15, 0.2) is 71.5 Å². The number of aliphatic carboxylic acids is 1. The molecule has 2 heterocycles. The maximum Gasteiger partial charge on any atom is 0.333 e. The summed E-state index contributed by atoms with van der Waals surface area (Å²) in [5.74, 6) is 3.26. The molecule has 5 N–H and O–H groups in total. The lowest BCUT2D eigenvalue weighted by atomic mass is 9.87. The summed E-state index contributed by atoms with van der Waals surface area (Å²) in [4.78, 5) is 38.0. The van der Waals surface area contributed by atoms with Crippen LogP contribution in [0.4, 0.5) is 4.79 Å². The molecule has 1 aromatic heterocycles. The van der Waals surface area contributed by atoms with Gasteiger partial charge in [-0.05, 0) is 80.7 Å². The Labute approximate surface area is 240 Å². The molecule has 2 atom stereocenters. The van der Waals surface area contributed by atoms with Crippen molar-refractivity contribution in [3.8, 4) is 11.1 Å². The summed E-state index contributed by atoms with van der Waals surface area (Å²) >= 11 is 13.9. The molecule has 4 aromatic rings. The number of hydrazine groups is 1. The van der Waals surface area contributed by atoms with Crippen LogP contribution in [-0.4, -0.2) is 26.7 Å². The number of carboxylic acid groups (broad SMARTS) is 1. The minimum absolute atomic E-state index is 0.122. The van der Waals surface area contributed by atoms with E-state index in [1.807, 2.05) is 35.8 Å². The monoisotopic (exact) mass is 658 g/mol. The quantitative estimate of drug-likeness (QED) is 0.0807. The molecule has 3 aromatic carbocycles. The Bertz CT molecular complexity index is 1690. The molecule has 1 aliphatic heterocycles. The molecule has 0 aliphatic carbocycles. The number of amides is 2. The second-order valence-corrected chi connectivity index (χ2v) is 11.0. The highest BCUT2D eigenvalue weighted by Gasteiger charge is 2.33. The fourth-order valence-corrected chi connectivity index (χ4v) is 5.82. The van der Waals surface area contributed by atoms with E-state index in [0.29, 0.717) is 39.0 Å². The molecular weight excluding hydrogens is 639 g/mol. The highest BCUT2D eigenvalue weighted by molar-refractivity contribution is 14.1. The molecule has 38 heavy (non-hydrogen) atoms. The van der Waals surface area contributed by atoms with Crippen molar-refractivity contribution in [3.63, 3.8) is 0 Å². The molecule has 0 bridgehead atoms. The van der Waals surface area contributed by atoms with Crippen LogP contribution in [0.2, 0.25) is 5.02 Å². The van der Waals surface area contributed by atoms with Crippen molar-refractivity contribution >= 4 is 74.3 Å². The summed E-state index contributed by atoms with van der Waals surface area (Å²) in [6.07, 6.45) is 0.293. The number of benzene rings is 3. The predicted molar refractivity (Wildman–Crippen MR) is 158 cm³/mol. The number of urea groups is 1. The fraction of sp³-hybridized carbons (Fsp3) is 0.111. The Kier molecular flexibility index (Phi) is 7.23. The number of aromatic nitrogens is 1. The molecule has 0 radical (unpaired) electrons. The largest absolute Gasteiger partial charge is 0.481 e. The van der Waals surface area contributed by atoms with Crippen LogP contribution in [0.3, 0.4) is 0 Å². The topological polar surface area (TPSA) is 126 Å². The van der Waals surface area contributed by atoms with Crippen LogP contribution >= 0.6 is 46.4 Å². The van der Waals surface area contributed by atoms with Gasteiger partial charge in [0.2, 0.25) is 0 Å². The molecule has 0 saturated carbocycles. The van der Waals surface area contributed by atoms with Crippen LogP contribution in [-0.2, 0) is 11.2 Å². The van der Waals surface area contributed by atoms with Gasteiger partial charge >= 0.3 is 12.0 Å². The summed E-state index contributed by atoms with van der Waals surface area (Å²) in [5.41, 5.74) is 5.58. The number of hydrogen-bond acceptors (Lipinski definition) is 5. The Hall–Kier alpha value is -3.32. The van der Waals surface area contributed by atoms with Gasteiger partial charge in [0, 0.05) is 26.5 Å². The SMILES string of the molecule is NNC(=O)NC(=S)C1Cc2cc(C(C(=O)O)c3ccc(I)cc3)cc3c(-c4cccc(Cl)c4)cc(=O)n1c23. The second-order valence-electron chi connectivity index (χ2n) is 8.86. The second kappa shape index (κ2) is 10.4. The molecule has 192 valence electrons. The third-order valence-electron chi connectivity index (χ3n) is 6.56. The van der Waals surface area contributed by atoms with Gasteiger partial charge in [0.1, 0.15) is 10.9 Å². The summed E-state index contributed by atoms with van der Waals surface area (Å²) in [6.45, 7) is 0. The predicted octanol–water partition coefficient (Wildman–Crippen LogP) is 4.74. The minimum atomic E-state index is -0.998. The number of hydrogen-bond donors (Lipinski definition) is 4. The molecule has 0 saturated heterocycles. The van der Waals surface area contributed by atoms with Gasteiger partial charge in [0.15, 0.2) is 0 Å². The number of carbonyl (C=O) groups is 2. The smallest absolute Gasteiger partial charge is 0.333 e. The molecule has 2 amide bonds. The number of halogens is 2. The molecule has 5 rings (SSSR count). The van der Waals surface area contributed by atoms with E-state index in [9.17, 15) is 19.5 Å². The lowest BCUT2D eigenvalue weighted by molar-refractivity contribution is -0.137. The number of pyridine rings is 1. The number of nitrogens with one attached hydrogen (secondary N) is 2. The van der Waals surface area contributed by atoms with Crippen molar-refractivity contribution in [3.05, 3.63) is 102 Å². The van der Waals surface area contributed by atoms with Crippen LogP contribution in [0.1, 0.15) is 28.7 Å². The van der Waals surface area contributed by atoms with Crippen LogP contribution in [0.25, 0.3) is 22.0 Å². The van der Waals surface area contributed by atoms with Crippen molar-refractivity contribution in [1.29, 1.82) is 0 Å². The normalized spacial score (nSPS) is 14.8. The third kappa shape index (κ3) is 4.80. The van der Waals surface area contributed by atoms with Crippen molar-refractivity contribution in [2.45, 2.75) is 18.4 Å². The summed E-state index contributed by atoms with van der Waals surface area (Å²) in [6, 6.07) is 18.2. The molecule has 11 heteroatoms. The molecular formula is C27H20ClIN4O4S. The van der Waals surface area contributed by atoms with Gasteiger partial charge in [0.05, 0.1) is 11.6 Å². The molecule has 1 aliphatic rings. The summed E-state index contributed by atoms with van der Waals surface area (Å²) < 4.78 is 2.53. The van der Waals surface area contributed by atoms with Crippen LogP contribution in [0.5, 0.6) is 0 Å². The Morgan fingerprint density at radius 2 is 1.84 bits per heavy atom. The first kappa shape index (κ1) is 26.3. The third-order valence-corrected chi connectivity index (χ3v) is 7.89. The Morgan fingerprint density at radius 3 is 2.50 bits per heavy atom. The summed E-state index contributed by atoms with van der Waals surface area (Å²) in [5, 5.41) is 14.0. The lowest BCUT2D eigenvalue weighted by Gasteiger charge is -2.18. The standard InChI is InChI=1S/C27H20ClIN4O4S/c28-17-3-1-2-14(9-17)19-12-22(34)33-21(25(38)31-27(37)32-30)11-16-8-15(10-20(19)24(16)33)23(26(35)36)13-4-6-18(29)7-5-13/h1-10,12,21,23H,11,30H2,(H,35,36)(H2,31,32,37,38). The number of nitrogens with zero attached hydrogens (tertiary/aromatic N) is 1. The van der Waals surface area contributed by atoms with Crippen molar-refractivity contribution in [2.75, 3.05) is 0 Å². The first-order chi connectivity index (χ1) is 18.2. The molecule has 0 fully saturated rings. The Balaban J connectivity index is 1.77. The van der Waals surface area contributed by atoms with Gasteiger partial charge in [0.25, 0.3) is 5.56 Å². The number of nitrogens with two attached hydrogens (primary N) is 1. The first-order valence-corrected chi connectivity index (χ1v) is 13.3. The van der Waals surface area contributed by atoms with E-state index in [-0.39, 0.29) is 10.5 Å². The fourth-order valence-electron chi connectivity index (χ4n) is 4.99. The van der Waals surface area contributed by atoms with Crippen LogP contribution in [0, 0.1) is 3.57 Å². The number of thiocarbonyl (C=S) groups is 1. The van der Waals surface area contributed by atoms with Crippen molar-refractivity contribution in [2.24, 2.45) is 5.84 Å². The van der Waals surface area contributed by atoms with E-state index >= 15 is 0 Å². The summed E-state index contributed by atoms with van der Waals surface area (Å²) in [7, 11) is 0. The number of carbonyl (C=O) groups excluding carboxylic acids is 1. The van der Waals surface area contributed by atoms with Gasteiger partial charge in [-0.1, -0.05) is 54.2 Å². The van der Waals surface area contributed by atoms with Gasteiger partial charge < -0.3 is 5.11 Å². The number of rotatable bonds is 5. The molecule has 0 spiro atoms. The molecule has 8 nitrogen and oxygen atoms in total. The highest BCUT2D eigenvalue weighted by atomic mass is 127. The maximum atomic E-state index is 13.4. The lowest BCUT2D eigenvalue weighted by Crippen LogP contribution is -2.45. The first-order valence-electron chi connectivity index (χ1n) is 11.5. The van der Waals surface area contributed by atoms with E-state index in [1.165, 1.54) is 6.07 Å². The maximum absolute atomic E-state index is 13.4. The van der Waals surface area contributed by atoms with E-state index in [2.05, 4.69) is 27.9 Å². The number of carboxylic acids is 1. The van der Waals surface area contributed by atoms with Crippen molar-refractivity contribution < 1.29 is 14.7 Å². The van der Waals surface area contributed by atoms with E-state index in [4.69, 9.17) is 29.7 Å². The van der Waals surface area contributed by atoms with Gasteiger partial charge in [-0.2, -0.15) is 0 Å². The average Bonchev–Trinajstić information content (AvgIpc) is 3.28. The van der Waals surface area contributed by atoms with E-state index in [0.717, 1.165) is 14.7 Å². The zero-order valence-corrected chi connectivity index (χ0v) is 23.3. The average molecular weight is 659 g/mol. The Morgan fingerprint density at radius 1 is 1.11 bits per heavy atom. The van der Waals surface area contributed by atoms with Gasteiger partial charge in [-0.3, -0.25) is 24.9 Å². The minimum Gasteiger partial charge on any atom is -0.481 e. The van der Waals surface area contributed by atoms with E-state index in [1.54, 1.807) is 34.9 Å². The highest BCUT2D eigenvalue weighted by Crippen LogP contribution is 2.40. The van der Waals surface area contributed by atoms with Crippen LogP contribution < -0.4 is 22.1 Å². The molecule has 2 unspecified atom stereocenters. The van der Waals surface area contributed by atoms with E-state index < -0.39 is 24.0 Å². The zero-order valence-electron chi connectivity index (χ0n) is 19.6. The van der Waals surface area contributed by atoms with Crippen molar-refractivity contribution in [1.82, 2.24) is 15.3 Å². The van der Waals surface area contributed by atoms with Gasteiger partial charge in [-0.25, -0.2) is 10.6 Å². The van der Waals surface area contributed by atoms with Gasteiger partial charge in [-0.15, -0.1) is 0 Å².